The van der Waals surface area contributed by atoms with Crippen molar-refractivity contribution in [3.05, 3.63) is 60.1 Å². The number of hydrogen-bond acceptors (Lipinski definition) is 4. The van der Waals surface area contributed by atoms with Gasteiger partial charge in [0, 0.05) is 23.2 Å². The van der Waals surface area contributed by atoms with Crippen molar-refractivity contribution in [3.63, 3.8) is 0 Å². The summed E-state index contributed by atoms with van der Waals surface area (Å²) in [6.07, 6.45) is 6.09. The first-order valence-corrected chi connectivity index (χ1v) is 7.84. The van der Waals surface area contributed by atoms with E-state index in [1.807, 2.05) is 0 Å². The number of carbonyl (C=O) groups is 3. The zero-order chi connectivity index (χ0) is 17.6. The average Bonchev–Trinajstić information content (AvgIpc) is 3.35. The molecule has 1 aromatic heterocycles. The van der Waals surface area contributed by atoms with E-state index in [0.717, 1.165) is 12.8 Å². The number of carbonyl (C=O) groups excluding carboxylic acids is 3. The van der Waals surface area contributed by atoms with Crippen molar-refractivity contribution in [1.82, 2.24) is 10.9 Å². The van der Waals surface area contributed by atoms with Gasteiger partial charge in [-0.25, -0.2) is 0 Å². The molecule has 1 heterocycles. The van der Waals surface area contributed by atoms with E-state index < -0.39 is 11.8 Å². The van der Waals surface area contributed by atoms with Gasteiger partial charge in [-0.1, -0.05) is 0 Å². The molecule has 7 nitrogen and oxygen atoms in total. The van der Waals surface area contributed by atoms with Crippen LogP contribution in [-0.4, -0.2) is 17.7 Å². The number of benzene rings is 1. The van der Waals surface area contributed by atoms with Crippen LogP contribution in [0.25, 0.3) is 6.08 Å². The minimum absolute atomic E-state index is 0.00723. The molecule has 1 aromatic carbocycles. The van der Waals surface area contributed by atoms with Crippen molar-refractivity contribution >= 4 is 29.5 Å². The third-order valence-electron chi connectivity index (χ3n) is 3.60. The molecule has 1 aliphatic rings. The number of hydrazine groups is 1. The molecule has 7 heteroatoms. The van der Waals surface area contributed by atoms with Gasteiger partial charge in [0.2, 0.25) is 5.91 Å². The van der Waals surface area contributed by atoms with Crippen molar-refractivity contribution in [2.24, 2.45) is 5.92 Å². The van der Waals surface area contributed by atoms with Gasteiger partial charge in [-0.05, 0) is 55.3 Å². The number of amides is 3. The Kier molecular flexibility index (Phi) is 4.94. The monoisotopic (exact) mass is 339 g/mol. The van der Waals surface area contributed by atoms with Gasteiger partial charge >= 0.3 is 0 Å². The van der Waals surface area contributed by atoms with E-state index in [1.165, 1.54) is 18.4 Å². The molecule has 0 bridgehead atoms. The summed E-state index contributed by atoms with van der Waals surface area (Å²) in [6.45, 7) is 0. The lowest BCUT2D eigenvalue weighted by Gasteiger charge is -2.07. The van der Waals surface area contributed by atoms with Crippen LogP contribution in [-0.2, 0) is 9.59 Å². The second-order valence-electron chi connectivity index (χ2n) is 5.63. The third kappa shape index (κ3) is 4.81. The van der Waals surface area contributed by atoms with Crippen molar-refractivity contribution in [1.29, 1.82) is 0 Å². The number of hydrogen-bond donors (Lipinski definition) is 3. The molecule has 0 spiro atoms. The van der Waals surface area contributed by atoms with Gasteiger partial charge in [0.1, 0.15) is 5.76 Å². The standard InChI is InChI=1S/C18H17N3O4/c22-16(10-9-15-2-1-11-25-15)20-21-18(24)13-5-7-14(8-6-13)19-17(23)12-3-4-12/h1-2,5-12H,3-4H2,(H,19,23)(H,20,22)(H,21,24). The summed E-state index contributed by atoms with van der Waals surface area (Å²) in [5.41, 5.74) is 5.58. The molecule has 1 fully saturated rings. The Balaban J connectivity index is 1.47. The molecule has 0 saturated heterocycles. The van der Waals surface area contributed by atoms with Crippen molar-refractivity contribution < 1.29 is 18.8 Å². The average molecular weight is 339 g/mol. The Morgan fingerprint density at radius 2 is 1.80 bits per heavy atom. The molecule has 0 atom stereocenters. The predicted molar refractivity (Wildman–Crippen MR) is 91.1 cm³/mol. The molecule has 3 rings (SSSR count). The van der Waals surface area contributed by atoms with E-state index in [1.54, 1.807) is 36.4 Å². The van der Waals surface area contributed by atoms with Crippen LogP contribution in [0.3, 0.4) is 0 Å². The smallest absolute Gasteiger partial charge is 0.269 e. The van der Waals surface area contributed by atoms with E-state index in [4.69, 9.17) is 4.42 Å². The van der Waals surface area contributed by atoms with Crippen LogP contribution in [0, 0.1) is 5.92 Å². The maximum atomic E-state index is 12.0. The van der Waals surface area contributed by atoms with E-state index in [0.29, 0.717) is 17.0 Å². The summed E-state index contributed by atoms with van der Waals surface area (Å²) >= 11 is 0. The fourth-order valence-corrected chi connectivity index (χ4v) is 2.07. The van der Waals surface area contributed by atoms with E-state index in [9.17, 15) is 14.4 Å². The van der Waals surface area contributed by atoms with Gasteiger partial charge in [-0.2, -0.15) is 0 Å². The molecule has 3 N–H and O–H groups in total. The molecule has 2 aromatic rings. The van der Waals surface area contributed by atoms with E-state index in [-0.39, 0.29) is 11.8 Å². The summed E-state index contributed by atoms with van der Waals surface area (Å²) < 4.78 is 5.05. The molecule has 128 valence electrons. The van der Waals surface area contributed by atoms with Crippen LogP contribution in [0.2, 0.25) is 0 Å². The maximum Gasteiger partial charge on any atom is 0.269 e. The highest BCUT2D eigenvalue weighted by Crippen LogP contribution is 2.30. The van der Waals surface area contributed by atoms with Crippen molar-refractivity contribution in [2.45, 2.75) is 12.8 Å². The number of rotatable bonds is 5. The third-order valence-corrected chi connectivity index (χ3v) is 3.60. The van der Waals surface area contributed by atoms with E-state index in [2.05, 4.69) is 16.2 Å². The highest BCUT2D eigenvalue weighted by atomic mass is 16.3. The quantitative estimate of drug-likeness (QED) is 0.574. The fraction of sp³-hybridized carbons (Fsp3) is 0.167. The molecule has 0 radical (unpaired) electrons. The predicted octanol–water partition coefficient (Wildman–Crippen LogP) is 2.10. The summed E-state index contributed by atoms with van der Waals surface area (Å²) in [5.74, 6) is -0.288. The van der Waals surface area contributed by atoms with Crippen LogP contribution in [0.15, 0.2) is 53.2 Å². The largest absolute Gasteiger partial charge is 0.465 e. The normalized spacial score (nSPS) is 13.4. The van der Waals surface area contributed by atoms with Gasteiger partial charge in [0.15, 0.2) is 0 Å². The molecule has 25 heavy (non-hydrogen) atoms. The Bertz CT molecular complexity index is 790. The first kappa shape index (κ1) is 16.5. The highest BCUT2D eigenvalue weighted by Gasteiger charge is 2.29. The molecular weight excluding hydrogens is 322 g/mol. The molecule has 1 saturated carbocycles. The summed E-state index contributed by atoms with van der Waals surface area (Å²) in [5, 5.41) is 2.79. The number of nitrogens with one attached hydrogen (secondary N) is 3. The topological polar surface area (TPSA) is 100 Å². The SMILES string of the molecule is O=C(C=Cc1ccco1)NNC(=O)c1ccc(NC(=O)C2CC2)cc1. The van der Waals surface area contributed by atoms with Gasteiger partial charge in [0.05, 0.1) is 6.26 Å². The van der Waals surface area contributed by atoms with Gasteiger partial charge in [0.25, 0.3) is 11.8 Å². The highest BCUT2D eigenvalue weighted by molar-refractivity contribution is 5.98. The maximum absolute atomic E-state index is 12.0. The summed E-state index contributed by atoms with van der Waals surface area (Å²) in [7, 11) is 0. The van der Waals surface area contributed by atoms with Crippen LogP contribution >= 0.6 is 0 Å². The van der Waals surface area contributed by atoms with Crippen LogP contribution in [0.1, 0.15) is 29.0 Å². The first-order valence-electron chi connectivity index (χ1n) is 7.84. The molecular formula is C18H17N3O4. The van der Waals surface area contributed by atoms with Gasteiger partial charge in [-0.15, -0.1) is 0 Å². The first-order chi connectivity index (χ1) is 12.1. The number of furan rings is 1. The minimum Gasteiger partial charge on any atom is -0.465 e. The zero-order valence-electron chi connectivity index (χ0n) is 13.3. The Morgan fingerprint density at radius 3 is 2.44 bits per heavy atom. The zero-order valence-corrected chi connectivity index (χ0v) is 13.3. The van der Waals surface area contributed by atoms with Crippen LogP contribution in [0.4, 0.5) is 5.69 Å². The lowest BCUT2D eigenvalue weighted by atomic mass is 10.2. The molecule has 3 amide bonds. The van der Waals surface area contributed by atoms with Gasteiger partial charge in [-0.3, -0.25) is 25.2 Å². The van der Waals surface area contributed by atoms with Crippen LogP contribution in [0.5, 0.6) is 0 Å². The summed E-state index contributed by atoms with van der Waals surface area (Å²) in [4.78, 5) is 35.3. The molecule has 1 aliphatic carbocycles. The molecule has 0 aliphatic heterocycles. The lowest BCUT2D eigenvalue weighted by molar-refractivity contribution is -0.118. The van der Waals surface area contributed by atoms with Crippen LogP contribution < -0.4 is 16.2 Å². The van der Waals surface area contributed by atoms with Crippen molar-refractivity contribution in [2.75, 3.05) is 5.32 Å². The Morgan fingerprint density at radius 1 is 1.04 bits per heavy atom. The van der Waals surface area contributed by atoms with Crippen molar-refractivity contribution in [3.8, 4) is 0 Å². The second kappa shape index (κ2) is 7.48. The Labute approximate surface area is 144 Å². The lowest BCUT2D eigenvalue weighted by Crippen LogP contribution is -2.40. The second-order valence-corrected chi connectivity index (χ2v) is 5.63. The fourth-order valence-electron chi connectivity index (χ4n) is 2.07. The molecule has 0 unspecified atom stereocenters. The van der Waals surface area contributed by atoms with Gasteiger partial charge < -0.3 is 9.73 Å². The van der Waals surface area contributed by atoms with E-state index >= 15 is 0 Å². The number of anilines is 1. The minimum atomic E-state index is -0.488. The summed E-state index contributed by atoms with van der Waals surface area (Å²) in [6, 6.07) is 9.84. The Hall–Kier alpha value is -3.35.